The molecule has 0 unspecified atom stereocenters. The molecule has 2 aliphatic heterocycles. The first-order valence-corrected chi connectivity index (χ1v) is 19.6. The minimum absolute atomic E-state index is 0. The van der Waals surface area contributed by atoms with Crippen LogP contribution in [0.25, 0.3) is 22.0 Å². The van der Waals surface area contributed by atoms with E-state index < -0.39 is 8.07 Å². The van der Waals surface area contributed by atoms with Crippen LogP contribution in [-0.4, -0.2) is 23.9 Å². The van der Waals surface area contributed by atoms with Gasteiger partial charge in [-0.05, 0) is 43.1 Å². The molecule has 1 radical (unpaired) electrons. The minimum atomic E-state index is -1.26. The Morgan fingerprint density at radius 1 is 0.955 bits per heavy atom. The van der Waals surface area contributed by atoms with E-state index in [2.05, 4.69) is 69.4 Å². The summed E-state index contributed by atoms with van der Waals surface area (Å²) in [5.74, 6) is 0.547. The van der Waals surface area contributed by atoms with Crippen molar-refractivity contribution in [3.63, 3.8) is 0 Å². The number of aryl methyl sites for hydroxylation is 1. The van der Waals surface area contributed by atoms with Gasteiger partial charge in [-0.3, -0.25) is 9.78 Å². The van der Waals surface area contributed by atoms with Crippen molar-refractivity contribution in [2.24, 2.45) is 11.8 Å². The van der Waals surface area contributed by atoms with Crippen molar-refractivity contribution >= 4 is 29.8 Å². The van der Waals surface area contributed by atoms with Crippen molar-refractivity contribution in [3.05, 3.63) is 71.6 Å². The van der Waals surface area contributed by atoms with Gasteiger partial charge in [-0.2, -0.15) is 0 Å². The van der Waals surface area contributed by atoms with Gasteiger partial charge in [0.15, 0.2) is 5.78 Å². The van der Waals surface area contributed by atoms with Crippen LogP contribution in [0.4, 0.5) is 0 Å². The zero-order valence-corrected chi connectivity index (χ0v) is 31.6. The maximum Gasteiger partial charge on any atom is 0.162 e. The third-order valence-corrected chi connectivity index (χ3v) is 15.7. The number of hydrogen-bond donors (Lipinski definition) is 1. The van der Waals surface area contributed by atoms with E-state index in [-0.39, 0.29) is 48.9 Å². The van der Waals surface area contributed by atoms with Crippen molar-refractivity contribution in [1.29, 1.82) is 0 Å². The number of nitrogens with zero attached hydrogens (tertiary/aromatic N) is 1. The molecule has 5 rings (SSSR count). The Morgan fingerprint density at radius 3 is 2.18 bits per heavy atom. The molecule has 3 aromatic rings. The van der Waals surface area contributed by atoms with E-state index >= 15 is 0 Å². The second-order valence-electron chi connectivity index (χ2n) is 14.0. The first-order chi connectivity index (χ1) is 20.6. The van der Waals surface area contributed by atoms with Crippen LogP contribution in [-0.2, 0) is 36.7 Å². The summed E-state index contributed by atoms with van der Waals surface area (Å²) in [5.41, 5.74) is 5.35. The van der Waals surface area contributed by atoms with Gasteiger partial charge in [0.1, 0.15) is 0 Å². The van der Waals surface area contributed by atoms with Gasteiger partial charge in [0.2, 0.25) is 0 Å². The summed E-state index contributed by atoms with van der Waals surface area (Å²) in [7, 11) is -1.26. The molecule has 1 spiro atoms. The molecule has 241 valence electrons. The van der Waals surface area contributed by atoms with Gasteiger partial charge in [-0.15, -0.1) is 29.1 Å². The standard InChI is InChI=1S/C26H30NSi.C13H24O2.Ir/c1-26(2,3)23-16-21(15-19-9-4-5-11-22(19)23)24-17-25-20(18-27-24)10-8-14-28(25)12-6-7-13-28;1-5-10(6-2)12(14)9-13(15)11(7-3)8-4;/h4-5,9,11,16-18H,6-8,10,12-14H2,1-3H3;9-11,14H,5-8H2,1-4H3;/q-1;;/b;12-9-;. The topological polar surface area (TPSA) is 50.2 Å². The van der Waals surface area contributed by atoms with Crippen LogP contribution in [0.2, 0.25) is 18.1 Å². The average Bonchev–Trinajstić information content (AvgIpc) is 3.46. The molecule has 1 N–H and O–H groups in total. The summed E-state index contributed by atoms with van der Waals surface area (Å²) < 4.78 is 0. The zero-order valence-electron chi connectivity index (χ0n) is 28.2. The smallest absolute Gasteiger partial charge is 0.162 e. The molecule has 3 heterocycles. The Morgan fingerprint density at radius 2 is 1.57 bits per heavy atom. The molecule has 0 amide bonds. The summed E-state index contributed by atoms with van der Waals surface area (Å²) in [6.45, 7) is 15.0. The number of fused-ring (bicyclic) bond motifs is 3. The molecular formula is C39H54IrNO2Si-. The summed E-state index contributed by atoms with van der Waals surface area (Å²) in [6.07, 6.45) is 12.6. The maximum atomic E-state index is 11.7. The molecule has 0 saturated carbocycles. The second-order valence-corrected chi connectivity index (χ2v) is 18.6. The van der Waals surface area contributed by atoms with Gasteiger partial charge < -0.3 is 5.11 Å². The predicted octanol–water partition coefficient (Wildman–Crippen LogP) is 10.3. The van der Waals surface area contributed by atoms with Crippen LogP contribution >= 0.6 is 0 Å². The second kappa shape index (κ2) is 16.0. The number of aliphatic hydroxyl groups is 1. The van der Waals surface area contributed by atoms with Gasteiger partial charge in [-0.25, -0.2) is 0 Å². The number of allylic oxidation sites excluding steroid dienone is 2. The normalized spacial score (nSPS) is 16.1. The minimum Gasteiger partial charge on any atom is -0.512 e. The third kappa shape index (κ3) is 8.19. The molecular weight excluding hydrogens is 735 g/mol. The first-order valence-electron chi connectivity index (χ1n) is 17.0. The number of benzene rings is 2. The molecule has 1 saturated heterocycles. The van der Waals surface area contributed by atoms with Crippen molar-refractivity contribution in [2.75, 3.05) is 0 Å². The SMILES string of the molecule is CC(C)(C)c1cc(-c2cc3c(cn2)CCC[Si]32CCCC2)[c-]c2ccccc12.CCC(CC)C(=O)/C=C(\O)C(CC)CC.[Ir]. The number of pyridine rings is 1. The predicted molar refractivity (Wildman–Crippen MR) is 186 cm³/mol. The van der Waals surface area contributed by atoms with E-state index in [0.29, 0.717) is 0 Å². The molecule has 3 nitrogen and oxygen atoms in total. The number of carbonyl (C=O) groups excluding carboxylic acids is 1. The number of hydrogen-bond acceptors (Lipinski definition) is 3. The fourth-order valence-electron chi connectivity index (χ4n) is 7.42. The summed E-state index contributed by atoms with van der Waals surface area (Å²) in [6, 6.07) is 21.7. The van der Waals surface area contributed by atoms with Crippen LogP contribution in [0, 0.1) is 17.9 Å². The quantitative estimate of drug-likeness (QED) is 0.107. The zero-order chi connectivity index (χ0) is 31.2. The Labute approximate surface area is 281 Å². The van der Waals surface area contributed by atoms with Crippen LogP contribution in [0.3, 0.4) is 0 Å². The molecule has 0 bridgehead atoms. The molecule has 1 fully saturated rings. The van der Waals surface area contributed by atoms with E-state index in [0.717, 1.165) is 31.4 Å². The van der Waals surface area contributed by atoms with E-state index in [1.165, 1.54) is 71.8 Å². The van der Waals surface area contributed by atoms with Gasteiger partial charge in [-0.1, -0.05) is 126 Å². The fraction of sp³-hybridized carbons (Fsp3) is 0.538. The Kier molecular flexibility index (Phi) is 13.2. The molecule has 2 aliphatic rings. The number of aliphatic hydroxyl groups excluding tert-OH is 1. The first kappa shape index (κ1) is 36.4. The molecule has 0 aliphatic carbocycles. The Bertz CT molecular complexity index is 1430. The fourth-order valence-corrected chi connectivity index (χ4v) is 13.0. The van der Waals surface area contributed by atoms with Gasteiger partial charge in [0.05, 0.1) is 13.8 Å². The summed E-state index contributed by atoms with van der Waals surface area (Å²) in [4.78, 5) is 16.7. The van der Waals surface area contributed by atoms with Crippen molar-refractivity contribution in [3.8, 4) is 11.3 Å². The van der Waals surface area contributed by atoms with Crippen molar-refractivity contribution < 1.29 is 30.0 Å². The van der Waals surface area contributed by atoms with Gasteiger partial charge in [0.25, 0.3) is 0 Å². The van der Waals surface area contributed by atoms with Crippen LogP contribution in [0.5, 0.6) is 0 Å². The number of carbonyl (C=O) groups is 1. The summed E-state index contributed by atoms with van der Waals surface area (Å²) >= 11 is 0. The summed E-state index contributed by atoms with van der Waals surface area (Å²) in [5, 5.41) is 14.0. The third-order valence-electron chi connectivity index (χ3n) is 10.2. The molecule has 44 heavy (non-hydrogen) atoms. The molecule has 0 atom stereocenters. The van der Waals surface area contributed by atoms with Crippen molar-refractivity contribution in [2.45, 2.75) is 123 Å². The largest absolute Gasteiger partial charge is 0.512 e. The molecule has 5 heteroatoms. The van der Waals surface area contributed by atoms with E-state index in [1.807, 2.05) is 27.7 Å². The van der Waals surface area contributed by atoms with Gasteiger partial charge >= 0.3 is 0 Å². The van der Waals surface area contributed by atoms with E-state index in [4.69, 9.17) is 4.98 Å². The number of aromatic nitrogens is 1. The molecule has 1 aromatic heterocycles. The van der Waals surface area contributed by atoms with Crippen molar-refractivity contribution in [1.82, 2.24) is 4.98 Å². The monoisotopic (exact) mass is 789 g/mol. The van der Waals surface area contributed by atoms with E-state index in [1.54, 1.807) is 10.8 Å². The van der Waals surface area contributed by atoms with Crippen LogP contribution < -0.4 is 5.19 Å². The number of rotatable bonds is 8. The van der Waals surface area contributed by atoms with Crippen LogP contribution in [0.15, 0.2) is 54.4 Å². The van der Waals surface area contributed by atoms with E-state index in [9.17, 15) is 9.90 Å². The maximum absolute atomic E-state index is 11.7. The average molecular weight is 789 g/mol. The van der Waals surface area contributed by atoms with Crippen LogP contribution in [0.1, 0.15) is 105 Å². The molecule has 2 aromatic carbocycles. The Hall–Kier alpha value is -2.07. The number of ketones is 1. The Balaban J connectivity index is 0.000000286. The van der Waals surface area contributed by atoms with Gasteiger partial charge in [0, 0.05) is 49.9 Å².